The third-order valence-corrected chi connectivity index (χ3v) is 5.41. The quantitative estimate of drug-likeness (QED) is 0.777. The monoisotopic (exact) mass is 360 g/mol. The Bertz CT molecular complexity index is 986. The molecule has 1 aliphatic rings. The Labute approximate surface area is 159 Å². The summed E-state index contributed by atoms with van der Waals surface area (Å²) in [5.41, 5.74) is 10.2. The lowest BCUT2D eigenvalue weighted by Crippen LogP contribution is -2.34. The lowest BCUT2D eigenvalue weighted by molar-refractivity contribution is 0.0745. The Kier molecular flexibility index (Phi) is 4.62. The fraction of sp³-hybridized carbons (Fsp3) is 0.318. The fourth-order valence-electron chi connectivity index (χ4n) is 3.93. The van der Waals surface area contributed by atoms with Gasteiger partial charge in [-0.25, -0.2) is 4.98 Å². The van der Waals surface area contributed by atoms with Crippen LogP contribution in [-0.4, -0.2) is 39.9 Å². The fourth-order valence-corrected chi connectivity index (χ4v) is 3.93. The average molecular weight is 360 g/mol. The van der Waals surface area contributed by atoms with Crippen LogP contribution in [0.3, 0.4) is 0 Å². The SMILES string of the molecule is Cc1ccc2nc(-c3cccnc3)cc(C(=O)N3CC(CN)CC3C)c2c1. The van der Waals surface area contributed by atoms with Gasteiger partial charge in [0.2, 0.25) is 0 Å². The Morgan fingerprint density at radius 3 is 2.85 bits per heavy atom. The molecule has 2 unspecified atom stereocenters. The second kappa shape index (κ2) is 7.08. The number of fused-ring (bicyclic) bond motifs is 1. The zero-order valence-corrected chi connectivity index (χ0v) is 15.7. The van der Waals surface area contributed by atoms with Gasteiger partial charge in [-0.1, -0.05) is 11.6 Å². The van der Waals surface area contributed by atoms with Crippen molar-refractivity contribution in [2.45, 2.75) is 26.3 Å². The van der Waals surface area contributed by atoms with Crippen LogP contribution in [0.25, 0.3) is 22.2 Å². The molecule has 3 aromatic rings. The first kappa shape index (κ1) is 17.6. The highest BCUT2D eigenvalue weighted by Crippen LogP contribution is 2.30. The molecule has 3 heterocycles. The Morgan fingerprint density at radius 1 is 1.30 bits per heavy atom. The van der Waals surface area contributed by atoms with Crippen LogP contribution in [0, 0.1) is 12.8 Å². The number of carbonyl (C=O) groups excluding carboxylic acids is 1. The molecule has 1 aromatic carbocycles. The molecule has 0 radical (unpaired) electrons. The Balaban J connectivity index is 1.85. The van der Waals surface area contributed by atoms with Gasteiger partial charge < -0.3 is 10.6 Å². The molecule has 5 nitrogen and oxygen atoms in total. The number of benzene rings is 1. The minimum atomic E-state index is 0.0570. The predicted octanol–water partition coefficient (Wildman–Crippen LogP) is 3.41. The van der Waals surface area contributed by atoms with Crippen LogP contribution >= 0.6 is 0 Å². The van der Waals surface area contributed by atoms with E-state index in [0.29, 0.717) is 24.6 Å². The van der Waals surface area contributed by atoms with E-state index in [4.69, 9.17) is 10.7 Å². The first-order valence-electron chi connectivity index (χ1n) is 9.39. The van der Waals surface area contributed by atoms with Crippen molar-refractivity contribution in [3.63, 3.8) is 0 Å². The number of pyridine rings is 2. The first-order valence-corrected chi connectivity index (χ1v) is 9.39. The van der Waals surface area contributed by atoms with Gasteiger partial charge in [0.1, 0.15) is 0 Å². The van der Waals surface area contributed by atoms with Crippen LogP contribution in [0.1, 0.15) is 29.3 Å². The number of aromatic nitrogens is 2. The van der Waals surface area contributed by atoms with Gasteiger partial charge in [-0.05, 0) is 63.1 Å². The van der Waals surface area contributed by atoms with E-state index in [2.05, 4.69) is 11.9 Å². The Hall–Kier alpha value is -2.79. The maximum Gasteiger partial charge on any atom is 0.254 e. The summed E-state index contributed by atoms with van der Waals surface area (Å²) in [7, 11) is 0. The zero-order chi connectivity index (χ0) is 19.0. The summed E-state index contributed by atoms with van der Waals surface area (Å²) in [6.45, 7) is 5.47. The molecule has 1 fully saturated rings. The molecular weight excluding hydrogens is 336 g/mol. The van der Waals surface area contributed by atoms with Crippen LogP contribution < -0.4 is 5.73 Å². The molecule has 4 rings (SSSR count). The number of hydrogen-bond donors (Lipinski definition) is 1. The van der Waals surface area contributed by atoms with Crippen LogP contribution in [0.5, 0.6) is 0 Å². The van der Waals surface area contributed by atoms with Crippen LogP contribution in [0.2, 0.25) is 0 Å². The number of carbonyl (C=O) groups is 1. The van der Waals surface area contributed by atoms with Crippen LogP contribution in [0.4, 0.5) is 0 Å². The van der Waals surface area contributed by atoms with E-state index in [-0.39, 0.29) is 11.9 Å². The molecule has 0 bridgehead atoms. The molecule has 5 heteroatoms. The molecule has 0 aliphatic carbocycles. The van der Waals surface area contributed by atoms with Crippen molar-refractivity contribution in [1.82, 2.24) is 14.9 Å². The topological polar surface area (TPSA) is 72.1 Å². The zero-order valence-electron chi connectivity index (χ0n) is 15.7. The standard InChI is InChI=1S/C22H24N4O/c1-14-5-6-20-18(8-14)19(10-21(25-20)17-4-3-7-24-12-17)22(27)26-13-16(11-23)9-15(26)2/h3-8,10,12,15-16H,9,11,13,23H2,1-2H3. The van der Waals surface area contributed by atoms with Gasteiger partial charge in [0, 0.05) is 35.9 Å². The van der Waals surface area contributed by atoms with Crippen molar-refractivity contribution in [3.8, 4) is 11.3 Å². The van der Waals surface area contributed by atoms with Gasteiger partial charge in [0.15, 0.2) is 0 Å². The largest absolute Gasteiger partial charge is 0.336 e. The van der Waals surface area contributed by atoms with Gasteiger partial charge in [0.05, 0.1) is 16.8 Å². The number of aryl methyl sites for hydroxylation is 1. The molecule has 1 amide bonds. The third-order valence-electron chi connectivity index (χ3n) is 5.41. The normalized spacial score (nSPS) is 19.6. The smallest absolute Gasteiger partial charge is 0.254 e. The van der Waals surface area contributed by atoms with Crippen molar-refractivity contribution in [2.24, 2.45) is 11.7 Å². The molecule has 138 valence electrons. The van der Waals surface area contributed by atoms with Gasteiger partial charge in [0.25, 0.3) is 5.91 Å². The van der Waals surface area contributed by atoms with Crippen molar-refractivity contribution in [3.05, 3.63) is 59.9 Å². The molecular formula is C22H24N4O. The molecule has 2 N–H and O–H groups in total. The van der Waals surface area contributed by atoms with E-state index >= 15 is 0 Å². The highest BCUT2D eigenvalue weighted by molar-refractivity contribution is 6.07. The van der Waals surface area contributed by atoms with Crippen LogP contribution in [-0.2, 0) is 0 Å². The van der Waals surface area contributed by atoms with E-state index < -0.39 is 0 Å². The van der Waals surface area contributed by atoms with Gasteiger partial charge in [-0.3, -0.25) is 9.78 Å². The third kappa shape index (κ3) is 3.30. The average Bonchev–Trinajstić information content (AvgIpc) is 3.08. The van der Waals surface area contributed by atoms with Crippen molar-refractivity contribution in [2.75, 3.05) is 13.1 Å². The van der Waals surface area contributed by atoms with Gasteiger partial charge in [-0.15, -0.1) is 0 Å². The van der Waals surface area contributed by atoms with Gasteiger partial charge >= 0.3 is 0 Å². The maximum atomic E-state index is 13.5. The lowest BCUT2D eigenvalue weighted by atomic mass is 10.0. The first-order chi connectivity index (χ1) is 13.1. The molecule has 2 aromatic heterocycles. The highest BCUT2D eigenvalue weighted by atomic mass is 16.2. The second-order valence-corrected chi connectivity index (χ2v) is 7.46. The van der Waals surface area contributed by atoms with Crippen molar-refractivity contribution < 1.29 is 4.79 Å². The summed E-state index contributed by atoms with van der Waals surface area (Å²) in [5.74, 6) is 0.429. The summed E-state index contributed by atoms with van der Waals surface area (Å²) >= 11 is 0. The van der Waals surface area contributed by atoms with Crippen molar-refractivity contribution in [1.29, 1.82) is 0 Å². The predicted molar refractivity (Wildman–Crippen MR) is 107 cm³/mol. The molecule has 1 aliphatic heterocycles. The van der Waals surface area contributed by atoms with E-state index in [1.807, 2.05) is 48.2 Å². The summed E-state index contributed by atoms with van der Waals surface area (Å²) in [6, 6.07) is 12.0. The number of nitrogens with zero attached hydrogens (tertiary/aromatic N) is 3. The second-order valence-electron chi connectivity index (χ2n) is 7.46. The summed E-state index contributed by atoms with van der Waals surface area (Å²) < 4.78 is 0. The van der Waals surface area contributed by atoms with E-state index in [1.165, 1.54) is 0 Å². The molecule has 0 spiro atoms. The molecule has 0 saturated carbocycles. The highest BCUT2D eigenvalue weighted by Gasteiger charge is 2.33. The Morgan fingerprint density at radius 2 is 2.15 bits per heavy atom. The van der Waals surface area contributed by atoms with Gasteiger partial charge in [-0.2, -0.15) is 0 Å². The van der Waals surface area contributed by atoms with Crippen molar-refractivity contribution >= 4 is 16.8 Å². The van der Waals surface area contributed by atoms with E-state index in [1.54, 1.807) is 12.4 Å². The maximum absolute atomic E-state index is 13.5. The number of amides is 1. The van der Waals surface area contributed by atoms with Crippen LogP contribution in [0.15, 0.2) is 48.8 Å². The minimum Gasteiger partial charge on any atom is -0.336 e. The molecule has 2 atom stereocenters. The van der Waals surface area contributed by atoms with E-state index in [9.17, 15) is 4.79 Å². The number of hydrogen-bond acceptors (Lipinski definition) is 4. The number of nitrogens with two attached hydrogens (primary N) is 1. The molecule has 1 saturated heterocycles. The number of rotatable bonds is 3. The number of likely N-dealkylation sites (tertiary alicyclic amines) is 1. The minimum absolute atomic E-state index is 0.0570. The van der Waals surface area contributed by atoms with E-state index in [0.717, 1.165) is 34.1 Å². The lowest BCUT2D eigenvalue weighted by Gasteiger charge is -2.23. The molecule has 27 heavy (non-hydrogen) atoms. The summed E-state index contributed by atoms with van der Waals surface area (Å²) in [4.78, 5) is 24.4. The summed E-state index contributed by atoms with van der Waals surface area (Å²) in [6.07, 6.45) is 4.47. The summed E-state index contributed by atoms with van der Waals surface area (Å²) in [5, 5.41) is 0.899.